The van der Waals surface area contributed by atoms with Crippen molar-refractivity contribution in [1.82, 2.24) is 4.98 Å². The first-order valence-electron chi connectivity index (χ1n) is 6.58. The third-order valence-corrected chi connectivity index (χ3v) is 3.87. The summed E-state index contributed by atoms with van der Waals surface area (Å²) in [6, 6.07) is 5.68. The summed E-state index contributed by atoms with van der Waals surface area (Å²) >= 11 is 1.25. The second kappa shape index (κ2) is 7.13. The lowest BCUT2D eigenvalue weighted by Crippen LogP contribution is -2.32. The number of methoxy groups -OCH3 is 1. The van der Waals surface area contributed by atoms with Crippen LogP contribution in [0.15, 0.2) is 30.5 Å². The third-order valence-electron chi connectivity index (χ3n) is 2.96. The van der Waals surface area contributed by atoms with Crippen LogP contribution in [0.5, 0.6) is 0 Å². The number of anilines is 1. The molecule has 0 spiro atoms. The quantitative estimate of drug-likeness (QED) is 0.794. The van der Waals surface area contributed by atoms with Crippen LogP contribution in [0.1, 0.15) is 21.1 Å². The van der Waals surface area contributed by atoms with Gasteiger partial charge in [0.25, 0.3) is 5.91 Å². The number of hydrogen-bond donors (Lipinski definition) is 0. The van der Waals surface area contributed by atoms with E-state index in [1.807, 2.05) is 0 Å². The van der Waals surface area contributed by atoms with Crippen molar-refractivity contribution in [2.45, 2.75) is 13.3 Å². The van der Waals surface area contributed by atoms with E-state index in [0.29, 0.717) is 10.6 Å². The number of halogens is 1. The van der Waals surface area contributed by atoms with Crippen molar-refractivity contribution in [3.63, 3.8) is 0 Å². The topological polar surface area (TPSA) is 59.5 Å². The Morgan fingerprint density at radius 2 is 2.18 bits per heavy atom. The zero-order valence-electron chi connectivity index (χ0n) is 12.2. The van der Waals surface area contributed by atoms with Crippen LogP contribution in [0.25, 0.3) is 0 Å². The molecular formula is C15H15FN2O3S. The lowest BCUT2D eigenvalue weighted by Gasteiger charge is -2.21. The van der Waals surface area contributed by atoms with Gasteiger partial charge in [-0.05, 0) is 25.1 Å². The summed E-state index contributed by atoms with van der Waals surface area (Å²) in [4.78, 5) is 29.8. The molecule has 0 aliphatic heterocycles. The minimum absolute atomic E-state index is 0.0243. The molecule has 0 aliphatic carbocycles. The predicted molar refractivity (Wildman–Crippen MR) is 81.6 cm³/mol. The summed E-state index contributed by atoms with van der Waals surface area (Å²) in [7, 11) is 1.28. The molecule has 0 bridgehead atoms. The van der Waals surface area contributed by atoms with Crippen molar-refractivity contribution in [3.8, 4) is 0 Å². The molecule has 1 amide bonds. The standard InChI is InChI=1S/C15H15FN2O3S/c1-10-17-9-13(22-10)15(20)18(7-6-14(19)21-2)12-5-3-4-11(16)8-12/h3-5,8-9H,6-7H2,1-2H3. The van der Waals surface area contributed by atoms with E-state index in [1.165, 1.54) is 47.7 Å². The highest BCUT2D eigenvalue weighted by atomic mass is 32.1. The lowest BCUT2D eigenvalue weighted by atomic mass is 10.2. The number of ether oxygens (including phenoxy) is 1. The largest absolute Gasteiger partial charge is 0.469 e. The first kappa shape index (κ1) is 16.1. The van der Waals surface area contributed by atoms with Gasteiger partial charge in [0.1, 0.15) is 10.7 Å². The molecule has 1 aromatic carbocycles. The maximum atomic E-state index is 13.4. The summed E-state index contributed by atoms with van der Waals surface area (Å²) < 4.78 is 18.0. The molecule has 116 valence electrons. The van der Waals surface area contributed by atoms with Gasteiger partial charge in [0.15, 0.2) is 0 Å². The molecule has 1 heterocycles. The zero-order chi connectivity index (χ0) is 16.1. The fraction of sp³-hybridized carbons (Fsp3) is 0.267. The first-order valence-corrected chi connectivity index (χ1v) is 7.39. The van der Waals surface area contributed by atoms with E-state index in [9.17, 15) is 14.0 Å². The van der Waals surface area contributed by atoms with Gasteiger partial charge in [0, 0.05) is 12.2 Å². The molecule has 0 saturated heterocycles. The predicted octanol–water partition coefficient (Wildman–Crippen LogP) is 2.80. The van der Waals surface area contributed by atoms with E-state index in [4.69, 9.17) is 0 Å². The Morgan fingerprint density at radius 1 is 1.41 bits per heavy atom. The van der Waals surface area contributed by atoms with E-state index < -0.39 is 11.8 Å². The minimum Gasteiger partial charge on any atom is -0.469 e. The average molecular weight is 322 g/mol. The number of aromatic nitrogens is 1. The monoisotopic (exact) mass is 322 g/mol. The molecule has 0 radical (unpaired) electrons. The van der Waals surface area contributed by atoms with E-state index in [-0.39, 0.29) is 18.9 Å². The maximum absolute atomic E-state index is 13.4. The van der Waals surface area contributed by atoms with Gasteiger partial charge in [0.05, 0.1) is 24.7 Å². The Hall–Kier alpha value is -2.28. The molecule has 1 aromatic heterocycles. The molecule has 7 heteroatoms. The van der Waals surface area contributed by atoms with Gasteiger partial charge in [-0.3, -0.25) is 9.59 Å². The highest BCUT2D eigenvalue weighted by molar-refractivity contribution is 7.13. The molecule has 0 aliphatic rings. The van der Waals surface area contributed by atoms with Crippen LogP contribution in [0.4, 0.5) is 10.1 Å². The maximum Gasteiger partial charge on any atom is 0.307 e. The van der Waals surface area contributed by atoms with E-state index >= 15 is 0 Å². The van der Waals surface area contributed by atoms with Gasteiger partial charge in [-0.25, -0.2) is 9.37 Å². The van der Waals surface area contributed by atoms with Crippen LogP contribution in [0.3, 0.4) is 0 Å². The van der Waals surface area contributed by atoms with Crippen molar-refractivity contribution in [1.29, 1.82) is 0 Å². The number of benzene rings is 1. The lowest BCUT2D eigenvalue weighted by molar-refractivity contribution is -0.140. The van der Waals surface area contributed by atoms with Crippen molar-refractivity contribution in [3.05, 3.63) is 46.2 Å². The highest BCUT2D eigenvalue weighted by Crippen LogP contribution is 2.21. The molecule has 22 heavy (non-hydrogen) atoms. The van der Waals surface area contributed by atoms with Crippen molar-refractivity contribution in [2.75, 3.05) is 18.6 Å². The Morgan fingerprint density at radius 3 is 2.77 bits per heavy atom. The second-order valence-corrected chi connectivity index (χ2v) is 5.74. The summed E-state index contributed by atoms with van der Waals surface area (Å²) in [6.45, 7) is 1.90. The second-order valence-electron chi connectivity index (χ2n) is 4.51. The van der Waals surface area contributed by atoms with Crippen LogP contribution in [0.2, 0.25) is 0 Å². The Bertz CT molecular complexity index is 687. The average Bonchev–Trinajstić information content (AvgIpc) is 2.93. The van der Waals surface area contributed by atoms with Crippen molar-refractivity contribution >= 4 is 28.9 Å². The fourth-order valence-corrected chi connectivity index (χ4v) is 2.62. The van der Waals surface area contributed by atoms with Gasteiger partial charge in [-0.15, -0.1) is 11.3 Å². The van der Waals surface area contributed by atoms with Crippen LogP contribution < -0.4 is 4.90 Å². The molecule has 0 atom stereocenters. The Kier molecular flexibility index (Phi) is 5.21. The number of carbonyl (C=O) groups excluding carboxylic acids is 2. The highest BCUT2D eigenvalue weighted by Gasteiger charge is 2.21. The SMILES string of the molecule is COC(=O)CCN(C(=O)c1cnc(C)s1)c1cccc(F)c1. The number of nitrogens with zero attached hydrogens (tertiary/aromatic N) is 2. The van der Waals surface area contributed by atoms with Crippen molar-refractivity contribution in [2.24, 2.45) is 0 Å². The van der Waals surface area contributed by atoms with Crippen molar-refractivity contribution < 1.29 is 18.7 Å². The molecular weight excluding hydrogens is 307 g/mol. The number of thiazole rings is 1. The van der Waals surface area contributed by atoms with Crippen LogP contribution in [0, 0.1) is 12.7 Å². The fourth-order valence-electron chi connectivity index (χ4n) is 1.89. The van der Waals surface area contributed by atoms with E-state index in [2.05, 4.69) is 9.72 Å². The van der Waals surface area contributed by atoms with Gasteiger partial charge in [0.2, 0.25) is 0 Å². The summed E-state index contributed by atoms with van der Waals surface area (Å²) in [5, 5.41) is 0.760. The minimum atomic E-state index is -0.450. The molecule has 5 nitrogen and oxygen atoms in total. The molecule has 0 N–H and O–H groups in total. The van der Waals surface area contributed by atoms with E-state index in [1.54, 1.807) is 13.0 Å². The van der Waals surface area contributed by atoms with E-state index in [0.717, 1.165) is 5.01 Å². The van der Waals surface area contributed by atoms with Gasteiger partial charge in [-0.2, -0.15) is 0 Å². The smallest absolute Gasteiger partial charge is 0.307 e. The molecule has 2 rings (SSSR count). The van der Waals surface area contributed by atoms with Crippen LogP contribution in [-0.2, 0) is 9.53 Å². The zero-order valence-corrected chi connectivity index (χ0v) is 13.0. The molecule has 0 unspecified atom stereocenters. The van der Waals surface area contributed by atoms with Crippen LogP contribution >= 0.6 is 11.3 Å². The number of carbonyl (C=O) groups is 2. The van der Waals surface area contributed by atoms with Crippen LogP contribution in [-0.4, -0.2) is 30.5 Å². The number of esters is 1. The Labute approximate surface area is 131 Å². The molecule has 0 fully saturated rings. The molecule has 0 saturated carbocycles. The summed E-state index contributed by atoms with van der Waals surface area (Å²) in [6.07, 6.45) is 1.50. The summed E-state index contributed by atoms with van der Waals surface area (Å²) in [5.74, 6) is -1.20. The molecule has 2 aromatic rings. The number of hydrogen-bond acceptors (Lipinski definition) is 5. The first-order chi connectivity index (χ1) is 10.5. The Balaban J connectivity index is 2.28. The summed E-state index contributed by atoms with van der Waals surface area (Å²) in [5.41, 5.74) is 0.389. The van der Waals surface area contributed by atoms with Gasteiger partial charge < -0.3 is 9.64 Å². The van der Waals surface area contributed by atoms with Gasteiger partial charge in [-0.1, -0.05) is 6.07 Å². The normalized spacial score (nSPS) is 10.3. The number of amides is 1. The van der Waals surface area contributed by atoms with Gasteiger partial charge >= 0.3 is 5.97 Å². The number of aryl methyl sites for hydroxylation is 1. The third kappa shape index (κ3) is 3.88. The number of rotatable bonds is 5.